The number of esters is 1. The first-order chi connectivity index (χ1) is 11.2. The number of halogens is 1. The second-order valence-corrected chi connectivity index (χ2v) is 6.26. The summed E-state index contributed by atoms with van der Waals surface area (Å²) >= 11 is 0. The molecule has 3 rings (SSSR count). The second kappa shape index (κ2) is 7.41. The van der Waals surface area contributed by atoms with E-state index in [1.54, 1.807) is 12.1 Å². The molecule has 2 heterocycles. The summed E-state index contributed by atoms with van der Waals surface area (Å²) < 4.78 is 29.7. The van der Waals surface area contributed by atoms with Gasteiger partial charge in [-0.05, 0) is 43.4 Å². The Morgan fingerprint density at radius 3 is 2.61 bits per heavy atom. The van der Waals surface area contributed by atoms with Crippen LogP contribution >= 0.6 is 0 Å². The van der Waals surface area contributed by atoms with Gasteiger partial charge in [-0.2, -0.15) is 0 Å². The Morgan fingerprint density at radius 2 is 1.96 bits per heavy atom. The molecule has 0 N–H and O–H groups in total. The first-order valence-electron chi connectivity index (χ1n) is 8.33. The molecule has 23 heavy (non-hydrogen) atoms. The zero-order valence-corrected chi connectivity index (χ0v) is 13.3. The van der Waals surface area contributed by atoms with E-state index in [4.69, 9.17) is 14.2 Å². The summed E-state index contributed by atoms with van der Waals surface area (Å²) in [7, 11) is 0. The summed E-state index contributed by atoms with van der Waals surface area (Å²) in [5.74, 6) is -0.534. The van der Waals surface area contributed by atoms with Gasteiger partial charge in [0.05, 0.1) is 18.1 Å². The quantitative estimate of drug-likeness (QED) is 0.782. The first kappa shape index (κ1) is 16.4. The zero-order valence-electron chi connectivity index (χ0n) is 13.3. The molecular weight excluding hydrogens is 299 g/mol. The highest BCUT2D eigenvalue weighted by molar-refractivity contribution is 5.83. The lowest BCUT2D eigenvalue weighted by molar-refractivity contribution is -0.155. The fourth-order valence-electron chi connectivity index (χ4n) is 3.39. The summed E-state index contributed by atoms with van der Waals surface area (Å²) in [6, 6.07) is 6.16. The molecule has 2 aliphatic heterocycles. The van der Waals surface area contributed by atoms with Crippen LogP contribution in [0.2, 0.25) is 0 Å². The van der Waals surface area contributed by atoms with Gasteiger partial charge in [0, 0.05) is 26.2 Å². The van der Waals surface area contributed by atoms with Crippen molar-refractivity contribution in [3.05, 3.63) is 35.6 Å². The Bertz CT molecular complexity index is 516. The maximum absolute atomic E-state index is 13.2. The van der Waals surface area contributed by atoms with E-state index in [0.717, 1.165) is 31.4 Å². The first-order valence-corrected chi connectivity index (χ1v) is 8.33. The van der Waals surface area contributed by atoms with Crippen molar-refractivity contribution in [3.8, 4) is 0 Å². The van der Waals surface area contributed by atoms with E-state index in [1.165, 1.54) is 12.1 Å². The van der Waals surface area contributed by atoms with Gasteiger partial charge in [0.25, 0.3) is 0 Å². The van der Waals surface area contributed by atoms with Gasteiger partial charge in [-0.1, -0.05) is 12.1 Å². The Morgan fingerprint density at radius 1 is 1.22 bits per heavy atom. The largest absolute Gasteiger partial charge is 0.465 e. The molecule has 4 nitrogen and oxygen atoms in total. The molecule has 0 bridgehead atoms. The van der Waals surface area contributed by atoms with Gasteiger partial charge in [0.2, 0.25) is 0 Å². The van der Waals surface area contributed by atoms with Gasteiger partial charge < -0.3 is 14.2 Å². The maximum Gasteiger partial charge on any atom is 0.316 e. The van der Waals surface area contributed by atoms with Crippen molar-refractivity contribution in [1.29, 1.82) is 0 Å². The summed E-state index contributed by atoms with van der Waals surface area (Å²) in [4.78, 5) is 12.8. The van der Waals surface area contributed by atoms with Crippen LogP contribution in [0.5, 0.6) is 0 Å². The molecule has 2 aliphatic rings. The predicted molar refractivity (Wildman–Crippen MR) is 82.7 cm³/mol. The van der Waals surface area contributed by atoms with Gasteiger partial charge in [-0.3, -0.25) is 4.79 Å². The van der Waals surface area contributed by atoms with E-state index in [9.17, 15) is 9.18 Å². The van der Waals surface area contributed by atoms with Crippen molar-refractivity contribution in [2.24, 2.45) is 0 Å². The maximum atomic E-state index is 13.2. The van der Waals surface area contributed by atoms with Crippen LogP contribution in [0.25, 0.3) is 0 Å². The molecule has 2 saturated heterocycles. The third-order valence-corrected chi connectivity index (χ3v) is 4.83. The molecule has 0 unspecified atom stereocenters. The van der Waals surface area contributed by atoms with Crippen LogP contribution < -0.4 is 0 Å². The van der Waals surface area contributed by atoms with Crippen molar-refractivity contribution in [2.45, 2.75) is 43.6 Å². The van der Waals surface area contributed by atoms with Crippen LogP contribution in [0.4, 0.5) is 4.39 Å². The summed E-state index contributed by atoms with van der Waals surface area (Å²) in [5, 5.41) is 0. The van der Waals surface area contributed by atoms with E-state index in [0.29, 0.717) is 32.7 Å². The molecule has 1 aromatic rings. The SMILES string of the molecule is O=C(OCC[C@H]1CCCO1)C1(c2ccc(F)cc2)CCOCC1. The van der Waals surface area contributed by atoms with E-state index in [2.05, 4.69) is 0 Å². The Hall–Kier alpha value is -1.46. The molecule has 2 fully saturated rings. The predicted octanol–water partition coefficient (Wildman–Crippen LogP) is 2.99. The Kier molecular flexibility index (Phi) is 5.28. The minimum absolute atomic E-state index is 0.208. The molecule has 126 valence electrons. The van der Waals surface area contributed by atoms with Gasteiger partial charge in [-0.15, -0.1) is 0 Å². The van der Waals surface area contributed by atoms with Crippen LogP contribution in [0.3, 0.4) is 0 Å². The summed E-state index contributed by atoms with van der Waals surface area (Å²) in [6.07, 6.45) is 4.19. The number of carbonyl (C=O) groups excluding carboxylic acids is 1. The van der Waals surface area contributed by atoms with Crippen LogP contribution in [0, 0.1) is 5.82 Å². The Balaban J connectivity index is 1.67. The molecule has 0 saturated carbocycles. The van der Waals surface area contributed by atoms with Gasteiger partial charge in [0.1, 0.15) is 5.82 Å². The van der Waals surface area contributed by atoms with Crippen LogP contribution in [-0.2, 0) is 24.4 Å². The highest BCUT2D eigenvalue weighted by Gasteiger charge is 2.43. The number of hydrogen-bond acceptors (Lipinski definition) is 4. The van der Waals surface area contributed by atoms with E-state index in [1.807, 2.05) is 0 Å². The fourth-order valence-corrected chi connectivity index (χ4v) is 3.39. The Labute approximate surface area is 135 Å². The standard InChI is InChI=1S/C18H23FO4/c19-15-5-3-14(4-6-15)18(8-12-21-13-9-18)17(20)23-11-7-16-2-1-10-22-16/h3-6,16H,1-2,7-13H2/t16-/m1/s1. The third-order valence-electron chi connectivity index (χ3n) is 4.83. The summed E-state index contributed by atoms with van der Waals surface area (Å²) in [6.45, 7) is 2.19. The van der Waals surface area contributed by atoms with E-state index >= 15 is 0 Å². The number of ether oxygens (including phenoxy) is 3. The number of rotatable bonds is 5. The smallest absolute Gasteiger partial charge is 0.316 e. The third kappa shape index (κ3) is 3.72. The molecule has 0 aliphatic carbocycles. The van der Waals surface area contributed by atoms with Crippen molar-refractivity contribution in [1.82, 2.24) is 0 Å². The lowest BCUT2D eigenvalue weighted by atomic mass is 9.74. The minimum atomic E-state index is -0.720. The average molecular weight is 322 g/mol. The highest BCUT2D eigenvalue weighted by Crippen LogP contribution is 2.36. The van der Waals surface area contributed by atoms with Crippen molar-refractivity contribution >= 4 is 5.97 Å². The van der Waals surface area contributed by atoms with Gasteiger partial charge in [0.15, 0.2) is 0 Å². The van der Waals surface area contributed by atoms with Gasteiger partial charge >= 0.3 is 5.97 Å². The van der Waals surface area contributed by atoms with Crippen LogP contribution in [0.15, 0.2) is 24.3 Å². The van der Waals surface area contributed by atoms with E-state index < -0.39 is 5.41 Å². The average Bonchev–Trinajstić information content (AvgIpc) is 3.09. The summed E-state index contributed by atoms with van der Waals surface area (Å²) in [5.41, 5.74) is 0.0898. The van der Waals surface area contributed by atoms with Crippen LogP contribution in [-0.4, -0.2) is 38.5 Å². The minimum Gasteiger partial charge on any atom is -0.465 e. The fraction of sp³-hybridized carbons (Fsp3) is 0.611. The lowest BCUT2D eigenvalue weighted by Gasteiger charge is -2.35. The van der Waals surface area contributed by atoms with E-state index in [-0.39, 0.29) is 17.9 Å². The molecule has 1 atom stereocenters. The normalized spacial score (nSPS) is 23.6. The van der Waals surface area contributed by atoms with Crippen molar-refractivity contribution in [2.75, 3.05) is 26.4 Å². The number of hydrogen-bond donors (Lipinski definition) is 0. The molecule has 1 aromatic carbocycles. The molecule has 0 radical (unpaired) electrons. The monoisotopic (exact) mass is 322 g/mol. The second-order valence-electron chi connectivity index (χ2n) is 6.26. The number of benzene rings is 1. The molecule has 5 heteroatoms. The molecular formula is C18H23FO4. The molecule has 0 amide bonds. The van der Waals surface area contributed by atoms with Crippen LogP contribution in [0.1, 0.15) is 37.7 Å². The van der Waals surface area contributed by atoms with Gasteiger partial charge in [-0.25, -0.2) is 4.39 Å². The highest BCUT2D eigenvalue weighted by atomic mass is 19.1. The molecule has 0 spiro atoms. The lowest BCUT2D eigenvalue weighted by Crippen LogP contribution is -2.42. The van der Waals surface area contributed by atoms with Crippen molar-refractivity contribution < 1.29 is 23.4 Å². The topological polar surface area (TPSA) is 44.8 Å². The van der Waals surface area contributed by atoms with Crippen molar-refractivity contribution in [3.63, 3.8) is 0 Å². The molecule has 0 aromatic heterocycles. The number of carbonyl (C=O) groups is 1. The zero-order chi connectivity index (χ0) is 16.1.